The summed E-state index contributed by atoms with van der Waals surface area (Å²) in [6.45, 7) is 11.4. The van der Waals surface area contributed by atoms with Gasteiger partial charge in [-0.1, -0.05) is 32.4 Å². The predicted octanol–water partition coefficient (Wildman–Crippen LogP) is -3.23. The molecule has 0 aliphatic carbocycles. The predicted molar refractivity (Wildman–Crippen MR) is 377 cm³/mol. The van der Waals surface area contributed by atoms with E-state index < -0.39 is 109 Å². The lowest BCUT2D eigenvalue weighted by Crippen LogP contribution is -2.57. The van der Waals surface area contributed by atoms with Crippen molar-refractivity contribution in [3.63, 3.8) is 0 Å². The van der Waals surface area contributed by atoms with Crippen molar-refractivity contribution in [2.24, 2.45) is 11.7 Å². The molecule has 1 aliphatic heterocycles. The van der Waals surface area contributed by atoms with E-state index in [2.05, 4.69) is 42.5 Å². The van der Waals surface area contributed by atoms with Crippen molar-refractivity contribution in [1.82, 2.24) is 42.1 Å². The number of aliphatic hydroxyl groups excluding tert-OH is 6. The van der Waals surface area contributed by atoms with Gasteiger partial charge in [0.2, 0.25) is 29.5 Å². The largest absolute Gasteiger partial charge is 0.394 e. The second-order valence-corrected chi connectivity index (χ2v) is 24.0. The molecule has 1 aliphatic rings. The van der Waals surface area contributed by atoms with Crippen molar-refractivity contribution in [1.29, 1.82) is 0 Å². The topological polar surface area (TPSA) is 511 Å². The van der Waals surface area contributed by atoms with E-state index in [9.17, 15) is 68.7 Å². The number of urea groups is 2. The molecule has 37 nitrogen and oxygen atoms in total. The number of imide groups is 1. The van der Waals surface area contributed by atoms with Crippen LogP contribution in [0.1, 0.15) is 83.6 Å². The molecular weight excluding hydrogens is 1390 g/mol. The molecule has 37 heteroatoms. The van der Waals surface area contributed by atoms with Crippen LogP contribution < -0.4 is 48.3 Å². The molecule has 1 aromatic carbocycles. The summed E-state index contributed by atoms with van der Waals surface area (Å²) in [4.78, 5) is 115. The van der Waals surface area contributed by atoms with E-state index in [1.165, 1.54) is 12.2 Å². The molecule has 602 valence electrons. The van der Waals surface area contributed by atoms with Gasteiger partial charge in [0.1, 0.15) is 36.4 Å². The van der Waals surface area contributed by atoms with Crippen LogP contribution in [0.5, 0.6) is 0 Å². The molecule has 0 aromatic heterocycles. The summed E-state index contributed by atoms with van der Waals surface area (Å²) in [5.74, 6) is -3.81. The molecule has 1 heterocycles. The van der Waals surface area contributed by atoms with Crippen molar-refractivity contribution in [3.05, 3.63) is 42.0 Å². The highest BCUT2D eigenvalue weighted by Gasteiger charge is 2.33. The van der Waals surface area contributed by atoms with Crippen LogP contribution in [-0.4, -0.2) is 329 Å². The van der Waals surface area contributed by atoms with Crippen molar-refractivity contribution in [2.45, 2.75) is 127 Å². The van der Waals surface area contributed by atoms with E-state index in [0.29, 0.717) is 182 Å². The van der Waals surface area contributed by atoms with Gasteiger partial charge in [0.15, 0.2) is 0 Å². The summed E-state index contributed by atoms with van der Waals surface area (Å²) in [7, 11) is 0. The normalized spacial score (nSPS) is 14.1. The maximum Gasteiger partial charge on any atom is 0.314 e. The fraction of sp³-hybridized carbons (Fsp3) is 0.750. The lowest BCUT2D eigenvalue weighted by molar-refractivity contribution is -0.137. The average molecular weight is 1510 g/mol. The molecular formula is C68H118N10O27. The Bertz CT molecular complexity index is 2530. The Morgan fingerprint density at radius 2 is 0.886 bits per heavy atom. The average Bonchev–Trinajstić information content (AvgIpc) is 1.80. The number of nitrogens with one attached hydrogen (secondary N) is 8. The van der Waals surface area contributed by atoms with Crippen molar-refractivity contribution in [3.8, 4) is 0 Å². The Morgan fingerprint density at radius 1 is 0.438 bits per heavy atom. The van der Waals surface area contributed by atoms with Gasteiger partial charge in [-0.05, 0) is 68.6 Å². The van der Waals surface area contributed by atoms with Gasteiger partial charge in [0.05, 0.1) is 178 Å². The van der Waals surface area contributed by atoms with E-state index in [4.69, 9.17) is 67.7 Å². The number of aliphatic hydroxyl groups is 6. The summed E-state index contributed by atoms with van der Waals surface area (Å²) in [5.41, 5.74) is 6.24. The Hall–Kier alpha value is -6.73. The van der Waals surface area contributed by atoms with E-state index in [-0.39, 0.29) is 90.6 Å². The number of carbonyl (C=O) groups excluding carboxylic acids is 9. The Kier molecular flexibility index (Phi) is 56.0. The first-order valence-corrected chi connectivity index (χ1v) is 35.8. The SMILES string of the molecule is CC(C)[C@H](NC(=O)[C@H](CCCCNC(=O)CCOCCOCCOCCOCCOCCOCCOCCOCCOCCOCCOCCOCCNC(=O)NC[C@H](O)[C@@H](O)[C@H](O)[C@H](O)CO)NC(=O)CCCCCN1C(=O)C=CC1=O)C(=O)N[C@@H](CCCNC(N)=O)C(=O)Nc1ccc(CO)cc1. The minimum Gasteiger partial charge on any atom is -0.394 e. The van der Waals surface area contributed by atoms with Crippen LogP contribution in [0.2, 0.25) is 0 Å². The number of hydrogen-bond donors (Lipinski definition) is 15. The molecule has 1 aromatic rings. The smallest absolute Gasteiger partial charge is 0.314 e. The number of primary amides is 1. The number of carbonyl (C=O) groups is 9. The number of nitrogens with zero attached hydrogens (tertiary/aromatic N) is 1. The highest BCUT2D eigenvalue weighted by Crippen LogP contribution is 2.14. The second kappa shape index (κ2) is 62.3. The van der Waals surface area contributed by atoms with Crippen LogP contribution in [0.4, 0.5) is 15.3 Å². The summed E-state index contributed by atoms with van der Waals surface area (Å²) in [5, 5.41) is 77.9. The zero-order valence-electron chi connectivity index (χ0n) is 60.9. The minimum absolute atomic E-state index is 0.0419. The molecule has 11 amide bonds. The zero-order valence-corrected chi connectivity index (χ0v) is 60.9. The summed E-state index contributed by atoms with van der Waals surface area (Å²) in [6.07, 6.45) is -1.45. The number of amides is 11. The number of unbranched alkanes of at least 4 members (excludes halogenated alkanes) is 3. The van der Waals surface area contributed by atoms with Crippen LogP contribution >= 0.6 is 0 Å². The lowest BCUT2D eigenvalue weighted by atomic mass is 10.0. The summed E-state index contributed by atoms with van der Waals surface area (Å²) < 4.78 is 65.9. The Morgan fingerprint density at radius 3 is 1.35 bits per heavy atom. The van der Waals surface area contributed by atoms with Crippen LogP contribution in [-0.2, 0) is 97.0 Å². The third-order valence-corrected chi connectivity index (χ3v) is 15.2. The highest BCUT2D eigenvalue weighted by atomic mass is 16.6. The van der Waals surface area contributed by atoms with E-state index in [1.807, 2.05) is 0 Å². The molecule has 0 unspecified atom stereocenters. The molecule has 0 saturated carbocycles. The zero-order chi connectivity index (χ0) is 76.9. The van der Waals surface area contributed by atoms with Crippen LogP contribution in [0.25, 0.3) is 0 Å². The number of benzene rings is 1. The van der Waals surface area contributed by atoms with Crippen LogP contribution in [0.3, 0.4) is 0 Å². The number of nitrogens with two attached hydrogens (primary N) is 1. The summed E-state index contributed by atoms with van der Waals surface area (Å²) >= 11 is 0. The molecule has 0 saturated heterocycles. The standard InChI is InChI=1S/C68H118N10O27/c1-50(2)61(66(91)76-54(10-8-20-71-67(69)92)64(89)74-52-14-12-51(48-79)13-15-52)77-65(90)53(75-58(84)11-4-3-7-22-78-59(85)16-17-60(78)86)9-5-6-19-70-57(83)18-23-94-25-27-96-29-31-98-33-35-100-37-39-102-41-43-104-45-46-105-44-42-103-40-38-101-36-34-99-32-30-97-28-26-95-24-21-72-68(93)73-47-55(81)62(87)63(88)56(82)49-80/h12-17,50,53-56,61-63,79-82,87-88H,3-11,18-49H2,1-2H3,(H,70,83)(H,74,89)(H,75,84)(H,76,91)(H,77,90)(H3,69,71,92)(H2,72,73,93)/t53-,54-,55-,56+,61-,62+,63+/m0/s1. The maximum absolute atomic E-state index is 14.0. The Balaban J connectivity index is 1.47. The first-order chi connectivity index (χ1) is 50.8. The third kappa shape index (κ3) is 49.0. The minimum atomic E-state index is -1.78. The molecule has 2 rings (SSSR count). The monoisotopic (exact) mass is 1510 g/mol. The second-order valence-electron chi connectivity index (χ2n) is 24.0. The van der Waals surface area contributed by atoms with Gasteiger partial charge in [0.25, 0.3) is 11.8 Å². The van der Waals surface area contributed by atoms with E-state index in [0.717, 1.165) is 4.90 Å². The molecule has 0 spiro atoms. The summed E-state index contributed by atoms with van der Waals surface area (Å²) in [6, 6.07) is 1.72. The maximum atomic E-state index is 14.0. The number of anilines is 1. The van der Waals surface area contributed by atoms with Gasteiger partial charge in [-0.15, -0.1) is 0 Å². The third-order valence-electron chi connectivity index (χ3n) is 15.2. The van der Waals surface area contributed by atoms with Gasteiger partial charge in [0, 0.05) is 63.4 Å². The van der Waals surface area contributed by atoms with Crippen molar-refractivity contribution < 1.29 is 131 Å². The number of rotatable bonds is 69. The van der Waals surface area contributed by atoms with Crippen molar-refractivity contribution in [2.75, 3.05) is 203 Å². The molecule has 0 radical (unpaired) electrons. The van der Waals surface area contributed by atoms with Gasteiger partial charge < -0.3 is 136 Å². The van der Waals surface area contributed by atoms with Crippen LogP contribution in [0.15, 0.2) is 36.4 Å². The quantitative estimate of drug-likeness (QED) is 0.0225. The highest BCUT2D eigenvalue weighted by molar-refractivity contribution is 6.12. The van der Waals surface area contributed by atoms with E-state index in [1.54, 1.807) is 38.1 Å². The lowest BCUT2D eigenvalue weighted by Gasteiger charge is -2.27. The fourth-order valence-electron chi connectivity index (χ4n) is 9.33. The molecule has 105 heavy (non-hydrogen) atoms. The van der Waals surface area contributed by atoms with Crippen molar-refractivity contribution >= 4 is 59.1 Å². The van der Waals surface area contributed by atoms with Gasteiger partial charge in [-0.2, -0.15) is 0 Å². The number of hydrogen-bond acceptors (Lipinski definition) is 27. The van der Waals surface area contributed by atoms with E-state index >= 15 is 0 Å². The van der Waals surface area contributed by atoms with Gasteiger partial charge >= 0.3 is 12.1 Å². The molecule has 16 N–H and O–H groups in total. The first kappa shape index (κ1) is 94.4. The number of ether oxygens (including phenoxy) is 12. The first-order valence-electron chi connectivity index (χ1n) is 35.8. The Labute approximate surface area is 613 Å². The molecule has 0 fully saturated rings. The fourth-order valence-corrected chi connectivity index (χ4v) is 9.33. The molecule has 7 atom stereocenters. The van der Waals surface area contributed by atoms with Gasteiger partial charge in [-0.25, -0.2) is 9.59 Å². The molecule has 0 bridgehead atoms. The van der Waals surface area contributed by atoms with Gasteiger partial charge in [-0.3, -0.25) is 38.5 Å². The van der Waals surface area contributed by atoms with Crippen LogP contribution in [0, 0.1) is 5.92 Å².